The van der Waals surface area contributed by atoms with Gasteiger partial charge < -0.3 is 4.74 Å². The number of esters is 1. The third-order valence-electron chi connectivity index (χ3n) is 2.55. The molecular weight excluding hydrogens is 259 g/mol. The van der Waals surface area contributed by atoms with E-state index in [4.69, 9.17) is 16.3 Å². The molecule has 0 saturated heterocycles. The summed E-state index contributed by atoms with van der Waals surface area (Å²) < 4.78 is 18.5. The van der Waals surface area contributed by atoms with Gasteiger partial charge in [-0.2, -0.15) is 0 Å². The first kappa shape index (κ1) is 14.6. The van der Waals surface area contributed by atoms with E-state index in [1.54, 1.807) is 6.92 Å². The third kappa shape index (κ3) is 2.70. The van der Waals surface area contributed by atoms with E-state index in [-0.39, 0.29) is 17.2 Å². The SMILES string of the molecule is CCOC(=O)C(C)(C)C(=O)c1cccc(Cl)c1F. The van der Waals surface area contributed by atoms with Gasteiger partial charge in [-0.3, -0.25) is 9.59 Å². The van der Waals surface area contributed by atoms with Crippen LogP contribution in [0.1, 0.15) is 31.1 Å². The van der Waals surface area contributed by atoms with Gasteiger partial charge in [0.25, 0.3) is 0 Å². The second-order valence-electron chi connectivity index (χ2n) is 4.28. The van der Waals surface area contributed by atoms with Gasteiger partial charge in [0.15, 0.2) is 11.6 Å². The van der Waals surface area contributed by atoms with Crippen LogP contribution in [0.15, 0.2) is 18.2 Å². The molecule has 0 aromatic heterocycles. The Labute approximate surface area is 110 Å². The monoisotopic (exact) mass is 272 g/mol. The molecule has 0 heterocycles. The molecule has 0 spiro atoms. The number of halogens is 2. The van der Waals surface area contributed by atoms with E-state index in [0.29, 0.717) is 0 Å². The maximum Gasteiger partial charge on any atom is 0.319 e. The van der Waals surface area contributed by atoms with Gasteiger partial charge in [0.2, 0.25) is 0 Å². The number of benzene rings is 1. The number of ether oxygens (including phenoxy) is 1. The Bertz CT molecular complexity index is 483. The molecule has 0 N–H and O–H groups in total. The number of carbonyl (C=O) groups is 2. The molecule has 1 aromatic rings. The molecule has 3 nitrogen and oxygen atoms in total. The lowest BCUT2D eigenvalue weighted by atomic mass is 9.84. The first-order valence-corrected chi connectivity index (χ1v) is 5.86. The molecule has 0 fully saturated rings. The van der Waals surface area contributed by atoms with E-state index < -0.39 is 23.0 Å². The molecule has 5 heteroatoms. The maximum absolute atomic E-state index is 13.7. The van der Waals surface area contributed by atoms with Gasteiger partial charge in [0.1, 0.15) is 5.41 Å². The highest BCUT2D eigenvalue weighted by Crippen LogP contribution is 2.27. The van der Waals surface area contributed by atoms with Gasteiger partial charge in [0.05, 0.1) is 17.2 Å². The second kappa shape index (κ2) is 5.48. The lowest BCUT2D eigenvalue weighted by Crippen LogP contribution is -2.35. The van der Waals surface area contributed by atoms with Crippen molar-refractivity contribution in [2.45, 2.75) is 20.8 Å². The van der Waals surface area contributed by atoms with Crippen LogP contribution < -0.4 is 0 Å². The molecule has 0 aliphatic heterocycles. The fraction of sp³-hybridized carbons (Fsp3) is 0.385. The minimum atomic E-state index is -1.44. The van der Waals surface area contributed by atoms with Crippen LogP contribution in [0, 0.1) is 11.2 Å². The summed E-state index contributed by atoms with van der Waals surface area (Å²) >= 11 is 5.61. The molecule has 0 saturated carbocycles. The van der Waals surface area contributed by atoms with Gasteiger partial charge in [-0.15, -0.1) is 0 Å². The lowest BCUT2D eigenvalue weighted by molar-refractivity contribution is -0.150. The van der Waals surface area contributed by atoms with Gasteiger partial charge in [0, 0.05) is 0 Å². The van der Waals surface area contributed by atoms with E-state index in [1.165, 1.54) is 32.0 Å². The topological polar surface area (TPSA) is 43.4 Å². The van der Waals surface area contributed by atoms with Crippen molar-refractivity contribution in [2.75, 3.05) is 6.61 Å². The molecule has 1 aromatic carbocycles. The summed E-state index contributed by atoms with van der Waals surface area (Å²) in [7, 11) is 0. The lowest BCUT2D eigenvalue weighted by Gasteiger charge is -2.21. The van der Waals surface area contributed by atoms with Crippen molar-refractivity contribution in [2.24, 2.45) is 5.41 Å². The average molecular weight is 273 g/mol. The van der Waals surface area contributed by atoms with Crippen LogP contribution in [-0.4, -0.2) is 18.4 Å². The summed E-state index contributed by atoms with van der Waals surface area (Å²) in [5, 5.41) is -0.152. The highest BCUT2D eigenvalue weighted by molar-refractivity contribution is 6.31. The zero-order chi connectivity index (χ0) is 13.9. The largest absolute Gasteiger partial charge is 0.465 e. The van der Waals surface area contributed by atoms with Crippen LogP contribution in [0.4, 0.5) is 4.39 Å². The van der Waals surface area contributed by atoms with E-state index >= 15 is 0 Å². The van der Waals surface area contributed by atoms with Crippen molar-refractivity contribution in [1.29, 1.82) is 0 Å². The van der Waals surface area contributed by atoms with Gasteiger partial charge in [-0.05, 0) is 32.9 Å². The van der Waals surface area contributed by atoms with Crippen molar-refractivity contribution >= 4 is 23.4 Å². The fourth-order valence-electron chi connectivity index (χ4n) is 1.42. The zero-order valence-electron chi connectivity index (χ0n) is 10.4. The Kier molecular flexibility index (Phi) is 4.46. The summed E-state index contributed by atoms with van der Waals surface area (Å²) in [4.78, 5) is 23.8. The number of rotatable bonds is 4. The molecule has 0 bridgehead atoms. The van der Waals surface area contributed by atoms with E-state index in [2.05, 4.69) is 0 Å². The summed E-state index contributed by atoms with van der Waals surface area (Å²) in [5.74, 6) is -2.16. The maximum atomic E-state index is 13.7. The summed E-state index contributed by atoms with van der Waals surface area (Å²) in [5.41, 5.74) is -1.65. The third-order valence-corrected chi connectivity index (χ3v) is 2.84. The minimum Gasteiger partial charge on any atom is -0.465 e. The van der Waals surface area contributed by atoms with Gasteiger partial charge in [-0.25, -0.2) is 4.39 Å². The molecule has 0 aliphatic carbocycles. The number of hydrogen-bond acceptors (Lipinski definition) is 3. The van der Waals surface area contributed by atoms with Crippen LogP contribution in [0.5, 0.6) is 0 Å². The Morgan fingerprint density at radius 3 is 2.56 bits per heavy atom. The van der Waals surface area contributed by atoms with Crippen LogP contribution >= 0.6 is 11.6 Å². The van der Waals surface area contributed by atoms with Crippen LogP contribution in [0.3, 0.4) is 0 Å². The highest BCUT2D eigenvalue weighted by atomic mass is 35.5. The first-order chi connectivity index (χ1) is 8.32. The predicted molar refractivity (Wildman–Crippen MR) is 66.2 cm³/mol. The van der Waals surface area contributed by atoms with Crippen LogP contribution in [0.2, 0.25) is 5.02 Å². The van der Waals surface area contributed by atoms with Crippen molar-refractivity contribution in [1.82, 2.24) is 0 Å². The zero-order valence-corrected chi connectivity index (χ0v) is 11.2. The predicted octanol–water partition coefficient (Wildman–Crippen LogP) is 3.25. The van der Waals surface area contributed by atoms with Crippen molar-refractivity contribution in [3.8, 4) is 0 Å². The van der Waals surface area contributed by atoms with Crippen LogP contribution in [0.25, 0.3) is 0 Å². The summed E-state index contributed by atoms with van der Waals surface area (Å²) in [6, 6.07) is 4.09. The number of hydrogen-bond donors (Lipinski definition) is 0. The Morgan fingerprint density at radius 2 is 2.00 bits per heavy atom. The minimum absolute atomic E-state index is 0.152. The number of carbonyl (C=O) groups excluding carboxylic acids is 2. The van der Waals surface area contributed by atoms with Gasteiger partial charge in [-0.1, -0.05) is 17.7 Å². The van der Waals surface area contributed by atoms with Crippen molar-refractivity contribution in [3.05, 3.63) is 34.6 Å². The molecule has 0 unspecified atom stereocenters. The van der Waals surface area contributed by atoms with Crippen LogP contribution in [-0.2, 0) is 9.53 Å². The quantitative estimate of drug-likeness (QED) is 0.480. The normalized spacial score (nSPS) is 11.2. The number of Topliss-reactive ketones (excluding diaryl/α,β-unsaturated/α-hetero) is 1. The number of ketones is 1. The van der Waals surface area contributed by atoms with Crippen molar-refractivity contribution in [3.63, 3.8) is 0 Å². The first-order valence-electron chi connectivity index (χ1n) is 5.48. The molecule has 0 amide bonds. The smallest absolute Gasteiger partial charge is 0.319 e. The van der Waals surface area contributed by atoms with Gasteiger partial charge >= 0.3 is 5.97 Å². The molecule has 18 heavy (non-hydrogen) atoms. The molecule has 98 valence electrons. The van der Waals surface area contributed by atoms with E-state index in [1.807, 2.05) is 0 Å². The van der Waals surface area contributed by atoms with E-state index in [0.717, 1.165) is 0 Å². The molecule has 0 atom stereocenters. The standard InChI is InChI=1S/C13H14ClFO3/c1-4-18-12(17)13(2,3)11(16)8-6-5-7-9(14)10(8)15/h5-7H,4H2,1-3H3. The molecule has 0 radical (unpaired) electrons. The Morgan fingerprint density at radius 1 is 1.39 bits per heavy atom. The Balaban J connectivity index is 3.14. The molecule has 0 aliphatic rings. The molecular formula is C13H14ClFO3. The summed E-state index contributed by atoms with van der Waals surface area (Å²) in [6.07, 6.45) is 0. The summed E-state index contributed by atoms with van der Waals surface area (Å²) in [6.45, 7) is 4.59. The second-order valence-corrected chi connectivity index (χ2v) is 4.68. The fourth-order valence-corrected chi connectivity index (χ4v) is 1.59. The highest BCUT2D eigenvalue weighted by Gasteiger charge is 2.39. The average Bonchev–Trinajstić information content (AvgIpc) is 2.32. The molecule has 1 rings (SSSR count). The van der Waals surface area contributed by atoms with E-state index in [9.17, 15) is 14.0 Å². The Hall–Kier alpha value is -1.42. The van der Waals surface area contributed by atoms with Crippen molar-refractivity contribution < 1.29 is 18.7 Å².